The van der Waals surface area contributed by atoms with Crippen LogP contribution in [0.15, 0.2) is 0 Å². The second kappa shape index (κ2) is 12.2. The summed E-state index contributed by atoms with van der Waals surface area (Å²) in [4.78, 5) is 11.7. The van der Waals surface area contributed by atoms with E-state index in [0.29, 0.717) is 6.42 Å². The Hall–Kier alpha value is -0.570. The van der Waals surface area contributed by atoms with Crippen molar-refractivity contribution in [3.05, 3.63) is 0 Å². The van der Waals surface area contributed by atoms with Gasteiger partial charge in [-0.2, -0.15) is 0 Å². The van der Waals surface area contributed by atoms with Crippen molar-refractivity contribution in [1.29, 1.82) is 0 Å². The predicted molar refractivity (Wildman–Crippen MR) is 87.8 cm³/mol. The number of unbranched alkanes of at least 4 members (excludes halogenated alkanes) is 6. The maximum atomic E-state index is 11.7. The second-order valence-corrected chi connectivity index (χ2v) is 6.55. The van der Waals surface area contributed by atoms with Gasteiger partial charge in [0.25, 0.3) is 0 Å². The minimum absolute atomic E-state index is 0.236. The van der Waals surface area contributed by atoms with E-state index in [1.807, 2.05) is 0 Å². The molecule has 0 saturated heterocycles. The molecule has 20 heavy (non-hydrogen) atoms. The van der Waals surface area contributed by atoms with Gasteiger partial charge in [0.1, 0.15) is 0 Å². The SMILES string of the molecule is CCCCCCCCCC(=O)NCCC[N+](C)(C)CC. The van der Waals surface area contributed by atoms with Crippen molar-refractivity contribution in [2.24, 2.45) is 0 Å². The topological polar surface area (TPSA) is 29.1 Å². The van der Waals surface area contributed by atoms with E-state index in [2.05, 4.69) is 33.3 Å². The molecule has 0 bridgehead atoms. The van der Waals surface area contributed by atoms with Crippen LogP contribution in [0.3, 0.4) is 0 Å². The Labute approximate surface area is 126 Å². The van der Waals surface area contributed by atoms with Gasteiger partial charge in [-0.15, -0.1) is 0 Å². The van der Waals surface area contributed by atoms with Gasteiger partial charge < -0.3 is 9.80 Å². The molecule has 0 spiro atoms. The number of nitrogens with zero attached hydrogens (tertiary/aromatic N) is 1. The van der Waals surface area contributed by atoms with Crippen molar-refractivity contribution >= 4 is 5.91 Å². The lowest BCUT2D eigenvalue weighted by Gasteiger charge is -2.28. The molecule has 120 valence electrons. The number of quaternary nitrogens is 1. The molecular formula is C17H37N2O+. The van der Waals surface area contributed by atoms with E-state index < -0.39 is 0 Å². The minimum atomic E-state index is 0.236. The van der Waals surface area contributed by atoms with Crippen LogP contribution in [0, 0.1) is 0 Å². The van der Waals surface area contributed by atoms with Gasteiger partial charge in [0.05, 0.1) is 27.2 Å². The molecule has 0 fully saturated rings. The molecule has 0 unspecified atom stereocenters. The highest BCUT2D eigenvalue weighted by Gasteiger charge is 2.10. The first kappa shape index (κ1) is 19.4. The fourth-order valence-electron chi connectivity index (χ4n) is 2.22. The fourth-order valence-corrected chi connectivity index (χ4v) is 2.22. The zero-order valence-electron chi connectivity index (χ0n) is 14.3. The second-order valence-electron chi connectivity index (χ2n) is 6.55. The molecule has 1 N–H and O–H groups in total. The van der Waals surface area contributed by atoms with E-state index in [-0.39, 0.29) is 5.91 Å². The average Bonchev–Trinajstić information content (AvgIpc) is 2.43. The molecule has 0 radical (unpaired) electrons. The lowest BCUT2D eigenvalue weighted by molar-refractivity contribution is -0.888. The normalized spacial score (nSPS) is 11.6. The molecule has 0 aliphatic heterocycles. The molecule has 1 amide bonds. The Kier molecular flexibility index (Phi) is 11.8. The smallest absolute Gasteiger partial charge is 0.219 e. The van der Waals surface area contributed by atoms with Crippen LogP contribution in [0.2, 0.25) is 0 Å². The van der Waals surface area contributed by atoms with Gasteiger partial charge in [-0.3, -0.25) is 4.79 Å². The van der Waals surface area contributed by atoms with Crippen molar-refractivity contribution in [3.63, 3.8) is 0 Å². The molecule has 0 aromatic rings. The van der Waals surface area contributed by atoms with Gasteiger partial charge in [-0.05, 0) is 13.3 Å². The summed E-state index contributed by atoms with van der Waals surface area (Å²) in [6.45, 7) is 7.56. The molecular weight excluding hydrogens is 248 g/mol. The summed E-state index contributed by atoms with van der Waals surface area (Å²) < 4.78 is 1.04. The van der Waals surface area contributed by atoms with Crippen LogP contribution in [0.4, 0.5) is 0 Å². The zero-order chi connectivity index (χ0) is 15.3. The van der Waals surface area contributed by atoms with Crippen LogP contribution in [-0.2, 0) is 4.79 Å². The van der Waals surface area contributed by atoms with Gasteiger partial charge in [0.15, 0.2) is 0 Å². The minimum Gasteiger partial charge on any atom is -0.356 e. The van der Waals surface area contributed by atoms with Crippen molar-refractivity contribution in [3.8, 4) is 0 Å². The summed E-state index contributed by atoms with van der Waals surface area (Å²) in [6.07, 6.45) is 10.7. The van der Waals surface area contributed by atoms with Crippen LogP contribution in [0.25, 0.3) is 0 Å². The number of amides is 1. The standard InChI is InChI=1S/C17H36N2O/c1-5-7-8-9-10-11-12-14-17(20)18-15-13-16-19(3,4)6-2/h5-16H2,1-4H3/p+1. The molecule has 0 atom stereocenters. The van der Waals surface area contributed by atoms with Crippen LogP contribution >= 0.6 is 0 Å². The van der Waals surface area contributed by atoms with E-state index in [4.69, 9.17) is 0 Å². The third-order valence-electron chi connectivity index (χ3n) is 4.13. The lowest BCUT2D eigenvalue weighted by Crippen LogP contribution is -2.41. The van der Waals surface area contributed by atoms with Gasteiger partial charge >= 0.3 is 0 Å². The lowest BCUT2D eigenvalue weighted by atomic mass is 10.1. The van der Waals surface area contributed by atoms with Crippen LogP contribution < -0.4 is 5.32 Å². The highest BCUT2D eigenvalue weighted by molar-refractivity contribution is 5.75. The monoisotopic (exact) mass is 285 g/mol. The summed E-state index contributed by atoms with van der Waals surface area (Å²) in [5.74, 6) is 0.236. The van der Waals surface area contributed by atoms with Crippen LogP contribution in [0.5, 0.6) is 0 Å². The van der Waals surface area contributed by atoms with Gasteiger partial charge in [-0.1, -0.05) is 45.4 Å². The first-order valence-corrected chi connectivity index (χ1v) is 8.60. The Balaban J connectivity index is 3.33. The summed E-state index contributed by atoms with van der Waals surface area (Å²) >= 11 is 0. The Morgan fingerprint density at radius 3 is 2.10 bits per heavy atom. The zero-order valence-corrected chi connectivity index (χ0v) is 14.3. The third-order valence-corrected chi connectivity index (χ3v) is 4.13. The summed E-state index contributed by atoms with van der Waals surface area (Å²) in [6, 6.07) is 0. The number of hydrogen-bond acceptors (Lipinski definition) is 1. The summed E-state index contributed by atoms with van der Waals surface area (Å²) in [5, 5.41) is 3.04. The molecule has 0 saturated carbocycles. The maximum Gasteiger partial charge on any atom is 0.219 e. The number of nitrogens with one attached hydrogen (secondary N) is 1. The quantitative estimate of drug-likeness (QED) is 0.405. The molecule has 0 aromatic carbocycles. The van der Waals surface area contributed by atoms with Gasteiger partial charge in [0.2, 0.25) is 5.91 Å². The molecule has 3 nitrogen and oxygen atoms in total. The molecule has 0 aliphatic rings. The van der Waals surface area contributed by atoms with E-state index >= 15 is 0 Å². The Morgan fingerprint density at radius 2 is 1.50 bits per heavy atom. The fraction of sp³-hybridized carbons (Fsp3) is 0.941. The van der Waals surface area contributed by atoms with E-state index in [9.17, 15) is 4.79 Å². The molecule has 0 aliphatic carbocycles. The van der Waals surface area contributed by atoms with Crippen LogP contribution in [0.1, 0.15) is 71.6 Å². The van der Waals surface area contributed by atoms with Crippen molar-refractivity contribution in [2.75, 3.05) is 33.7 Å². The van der Waals surface area contributed by atoms with Gasteiger partial charge in [-0.25, -0.2) is 0 Å². The summed E-state index contributed by atoms with van der Waals surface area (Å²) in [7, 11) is 4.47. The first-order chi connectivity index (χ1) is 9.52. The maximum absolute atomic E-state index is 11.7. The van der Waals surface area contributed by atoms with Crippen molar-refractivity contribution in [1.82, 2.24) is 5.32 Å². The van der Waals surface area contributed by atoms with E-state index in [1.165, 1.54) is 38.5 Å². The number of carbonyl (C=O) groups is 1. The highest BCUT2D eigenvalue weighted by atomic mass is 16.1. The average molecular weight is 285 g/mol. The number of hydrogen-bond donors (Lipinski definition) is 1. The Bertz CT molecular complexity index is 239. The first-order valence-electron chi connectivity index (χ1n) is 8.60. The number of carbonyl (C=O) groups excluding carboxylic acids is 1. The van der Waals surface area contributed by atoms with Crippen LogP contribution in [-0.4, -0.2) is 44.1 Å². The number of rotatable bonds is 13. The predicted octanol–water partition coefficient (Wildman–Crippen LogP) is 3.73. The third kappa shape index (κ3) is 12.5. The molecule has 0 aromatic heterocycles. The Morgan fingerprint density at radius 1 is 0.900 bits per heavy atom. The van der Waals surface area contributed by atoms with Crippen molar-refractivity contribution in [2.45, 2.75) is 71.6 Å². The van der Waals surface area contributed by atoms with Gasteiger partial charge in [0, 0.05) is 19.4 Å². The van der Waals surface area contributed by atoms with E-state index in [1.54, 1.807) is 0 Å². The molecule has 3 heteroatoms. The van der Waals surface area contributed by atoms with E-state index in [0.717, 1.165) is 37.0 Å². The largest absolute Gasteiger partial charge is 0.356 e. The molecule has 0 rings (SSSR count). The molecule has 0 heterocycles. The van der Waals surface area contributed by atoms with Crippen molar-refractivity contribution < 1.29 is 9.28 Å². The highest BCUT2D eigenvalue weighted by Crippen LogP contribution is 2.08. The summed E-state index contributed by atoms with van der Waals surface area (Å²) in [5.41, 5.74) is 0.